The summed E-state index contributed by atoms with van der Waals surface area (Å²) in [4.78, 5) is 10.5. The lowest BCUT2D eigenvalue weighted by atomic mass is 9.93. The van der Waals surface area contributed by atoms with E-state index in [1.807, 2.05) is 0 Å². The minimum atomic E-state index is 0.190. The molecular formula is C6H11NOS. The molecule has 0 amide bonds. The van der Waals surface area contributed by atoms with Gasteiger partial charge < -0.3 is 5.73 Å². The molecule has 52 valence electrons. The number of hydrogen-bond acceptors (Lipinski definition) is 3. The molecule has 0 heterocycles. The van der Waals surface area contributed by atoms with Crippen molar-refractivity contribution in [2.45, 2.75) is 31.1 Å². The van der Waals surface area contributed by atoms with Crippen LogP contribution in [0.1, 0.15) is 19.8 Å². The molecule has 0 bridgehead atoms. The molecule has 0 aliphatic heterocycles. The van der Waals surface area contributed by atoms with Crippen molar-refractivity contribution in [3.8, 4) is 0 Å². The third-order valence-electron chi connectivity index (χ3n) is 1.58. The van der Waals surface area contributed by atoms with Crippen LogP contribution in [0.2, 0.25) is 0 Å². The van der Waals surface area contributed by atoms with Crippen molar-refractivity contribution in [2.24, 2.45) is 5.73 Å². The van der Waals surface area contributed by atoms with E-state index in [1.54, 1.807) is 6.92 Å². The second-order valence-corrected chi connectivity index (χ2v) is 3.81. The Morgan fingerprint density at radius 1 is 1.67 bits per heavy atom. The Balaban J connectivity index is 2.21. The van der Waals surface area contributed by atoms with Crippen LogP contribution in [0.4, 0.5) is 0 Å². The summed E-state index contributed by atoms with van der Waals surface area (Å²) in [7, 11) is 0. The normalized spacial score (nSPS) is 33.6. The Kier molecular flexibility index (Phi) is 2.13. The van der Waals surface area contributed by atoms with Crippen molar-refractivity contribution in [2.75, 3.05) is 0 Å². The Bertz CT molecular complexity index is 126. The Morgan fingerprint density at radius 3 is 2.44 bits per heavy atom. The number of rotatable bonds is 1. The first-order chi connectivity index (χ1) is 4.20. The van der Waals surface area contributed by atoms with Gasteiger partial charge in [0.1, 0.15) is 0 Å². The highest BCUT2D eigenvalue weighted by molar-refractivity contribution is 8.14. The SMILES string of the molecule is CC(=O)SC1CCC1N. The first-order valence-corrected chi connectivity index (χ1v) is 4.01. The highest BCUT2D eigenvalue weighted by Crippen LogP contribution is 2.30. The third-order valence-corrected chi connectivity index (χ3v) is 2.80. The summed E-state index contributed by atoms with van der Waals surface area (Å²) in [6.45, 7) is 1.59. The van der Waals surface area contributed by atoms with Crippen molar-refractivity contribution >= 4 is 16.9 Å². The van der Waals surface area contributed by atoms with Gasteiger partial charge in [-0.3, -0.25) is 4.79 Å². The largest absolute Gasteiger partial charge is 0.327 e. The molecule has 2 unspecified atom stereocenters. The minimum Gasteiger partial charge on any atom is -0.327 e. The predicted octanol–water partition coefficient (Wildman–Crippen LogP) is 0.756. The van der Waals surface area contributed by atoms with Crippen LogP contribution in [0.15, 0.2) is 0 Å². The number of nitrogens with two attached hydrogens (primary N) is 1. The van der Waals surface area contributed by atoms with Crippen LogP contribution in [0.3, 0.4) is 0 Å². The van der Waals surface area contributed by atoms with Gasteiger partial charge in [0, 0.05) is 18.2 Å². The van der Waals surface area contributed by atoms with Crippen molar-refractivity contribution in [3.63, 3.8) is 0 Å². The molecule has 2 N–H and O–H groups in total. The van der Waals surface area contributed by atoms with Crippen LogP contribution < -0.4 is 5.73 Å². The third kappa shape index (κ3) is 1.69. The summed E-state index contributed by atoms with van der Waals surface area (Å²) in [5, 5.41) is 0.609. The van der Waals surface area contributed by atoms with Gasteiger partial charge in [-0.25, -0.2) is 0 Å². The van der Waals surface area contributed by atoms with Gasteiger partial charge in [-0.15, -0.1) is 0 Å². The van der Waals surface area contributed by atoms with Gasteiger partial charge in [0.25, 0.3) is 0 Å². The van der Waals surface area contributed by atoms with E-state index in [0.29, 0.717) is 5.25 Å². The molecule has 0 aromatic rings. The zero-order valence-corrected chi connectivity index (χ0v) is 6.28. The molecule has 1 aliphatic rings. The highest BCUT2D eigenvalue weighted by atomic mass is 32.2. The topological polar surface area (TPSA) is 43.1 Å². The second kappa shape index (κ2) is 2.71. The van der Waals surface area contributed by atoms with Crippen LogP contribution in [0, 0.1) is 0 Å². The fourth-order valence-electron chi connectivity index (χ4n) is 0.855. The Morgan fingerprint density at radius 2 is 2.33 bits per heavy atom. The number of carbonyl (C=O) groups is 1. The molecule has 1 aliphatic carbocycles. The first-order valence-electron chi connectivity index (χ1n) is 3.13. The van der Waals surface area contributed by atoms with Gasteiger partial charge in [0.05, 0.1) is 0 Å². The molecule has 3 heteroatoms. The van der Waals surface area contributed by atoms with E-state index in [9.17, 15) is 4.79 Å². The Hall–Kier alpha value is -0.0200. The lowest BCUT2D eigenvalue weighted by molar-refractivity contribution is -0.109. The van der Waals surface area contributed by atoms with Crippen LogP contribution in [-0.2, 0) is 4.79 Å². The van der Waals surface area contributed by atoms with Gasteiger partial charge >= 0.3 is 0 Å². The van der Waals surface area contributed by atoms with Crippen LogP contribution >= 0.6 is 11.8 Å². The molecule has 0 radical (unpaired) electrons. The molecular weight excluding hydrogens is 134 g/mol. The van der Waals surface area contributed by atoms with Crippen LogP contribution in [0.25, 0.3) is 0 Å². The molecule has 1 rings (SSSR count). The van der Waals surface area contributed by atoms with Gasteiger partial charge in [0.15, 0.2) is 5.12 Å². The smallest absolute Gasteiger partial charge is 0.186 e. The average Bonchev–Trinajstić information content (AvgIpc) is 1.79. The van der Waals surface area contributed by atoms with Gasteiger partial charge in [0.2, 0.25) is 0 Å². The van der Waals surface area contributed by atoms with Gasteiger partial charge in [-0.05, 0) is 12.8 Å². The maximum atomic E-state index is 10.5. The maximum Gasteiger partial charge on any atom is 0.186 e. The lowest BCUT2D eigenvalue weighted by Crippen LogP contribution is -2.42. The van der Waals surface area contributed by atoms with E-state index in [-0.39, 0.29) is 11.2 Å². The van der Waals surface area contributed by atoms with Crippen molar-refractivity contribution in [1.82, 2.24) is 0 Å². The molecule has 1 saturated carbocycles. The molecule has 1 fully saturated rings. The summed E-state index contributed by atoms with van der Waals surface area (Å²) in [6.07, 6.45) is 2.20. The molecule has 0 aromatic carbocycles. The zero-order valence-electron chi connectivity index (χ0n) is 5.46. The van der Waals surface area contributed by atoms with Crippen molar-refractivity contribution in [3.05, 3.63) is 0 Å². The van der Waals surface area contributed by atoms with Gasteiger partial charge in [-0.2, -0.15) is 0 Å². The van der Waals surface area contributed by atoms with Gasteiger partial charge in [-0.1, -0.05) is 11.8 Å². The summed E-state index contributed by atoms with van der Waals surface area (Å²) in [5.41, 5.74) is 5.60. The van der Waals surface area contributed by atoms with E-state index in [1.165, 1.54) is 11.8 Å². The molecule has 2 nitrogen and oxygen atoms in total. The van der Waals surface area contributed by atoms with E-state index in [0.717, 1.165) is 12.8 Å². The average molecular weight is 145 g/mol. The molecule has 2 atom stereocenters. The monoisotopic (exact) mass is 145 g/mol. The summed E-state index contributed by atoms with van der Waals surface area (Å²) in [6, 6.07) is 0.277. The van der Waals surface area contributed by atoms with Crippen molar-refractivity contribution < 1.29 is 4.79 Å². The fourth-order valence-corrected chi connectivity index (χ4v) is 1.85. The molecule has 0 spiro atoms. The highest BCUT2D eigenvalue weighted by Gasteiger charge is 2.28. The summed E-state index contributed by atoms with van der Waals surface area (Å²) >= 11 is 1.39. The van der Waals surface area contributed by atoms with Crippen LogP contribution in [-0.4, -0.2) is 16.4 Å². The maximum absolute atomic E-state index is 10.5. The van der Waals surface area contributed by atoms with E-state index in [2.05, 4.69) is 0 Å². The minimum absolute atomic E-state index is 0.190. The fraction of sp³-hybridized carbons (Fsp3) is 0.833. The lowest BCUT2D eigenvalue weighted by Gasteiger charge is -2.31. The molecule has 0 saturated heterocycles. The van der Waals surface area contributed by atoms with Crippen molar-refractivity contribution in [1.29, 1.82) is 0 Å². The predicted molar refractivity (Wildman–Crippen MR) is 39.3 cm³/mol. The molecule has 9 heavy (non-hydrogen) atoms. The van der Waals surface area contributed by atoms with E-state index >= 15 is 0 Å². The zero-order chi connectivity index (χ0) is 6.85. The van der Waals surface area contributed by atoms with E-state index in [4.69, 9.17) is 5.73 Å². The molecule has 0 aromatic heterocycles. The number of hydrogen-bond donors (Lipinski definition) is 1. The first kappa shape index (κ1) is 7.09. The van der Waals surface area contributed by atoms with Crippen LogP contribution in [0.5, 0.6) is 0 Å². The number of carbonyl (C=O) groups excluding carboxylic acids is 1. The summed E-state index contributed by atoms with van der Waals surface area (Å²) < 4.78 is 0. The number of thioether (sulfide) groups is 1. The second-order valence-electron chi connectivity index (χ2n) is 2.39. The van der Waals surface area contributed by atoms with E-state index < -0.39 is 0 Å². The standard InChI is InChI=1S/C6H11NOS/c1-4(8)9-6-3-2-5(6)7/h5-6H,2-3,7H2,1H3. The summed E-state index contributed by atoms with van der Waals surface area (Å²) in [5.74, 6) is 0. The Labute approximate surface area is 59.2 Å². The quantitative estimate of drug-likeness (QED) is 0.592.